The highest BCUT2D eigenvalue weighted by atomic mass is 19.4. The van der Waals surface area contributed by atoms with Gasteiger partial charge >= 0.3 is 11.8 Å². The number of halogens is 3. The maximum absolute atomic E-state index is 12.7. The van der Waals surface area contributed by atoms with Crippen molar-refractivity contribution in [2.45, 2.75) is 12.8 Å². The highest BCUT2D eigenvalue weighted by Gasteiger charge is 2.30. The van der Waals surface area contributed by atoms with Gasteiger partial charge in [-0.3, -0.25) is 0 Å². The molecule has 118 valence electrons. The molecule has 3 rings (SSSR count). The van der Waals surface area contributed by atoms with Crippen LogP contribution in [0.3, 0.4) is 0 Å². The Kier molecular flexibility index (Phi) is 3.82. The van der Waals surface area contributed by atoms with Crippen molar-refractivity contribution < 1.29 is 22.3 Å². The molecular formula is C17H11F3O3. The van der Waals surface area contributed by atoms with Crippen LogP contribution in [0.4, 0.5) is 13.2 Å². The van der Waals surface area contributed by atoms with E-state index in [0.717, 1.165) is 17.5 Å². The van der Waals surface area contributed by atoms with Gasteiger partial charge in [-0.15, -0.1) is 0 Å². The molecule has 0 saturated heterocycles. The largest absolute Gasteiger partial charge is 0.489 e. The summed E-state index contributed by atoms with van der Waals surface area (Å²) in [6.45, 7) is -0.0213. The normalized spacial score (nSPS) is 11.6. The lowest BCUT2D eigenvalue weighted by atomic mass is 10.1. The van der Waals surface area contributed by atoms with Gasteiger partial charge in [-0.1, -0.05) is 12.1 Å². The Morgan fingerprint density at radius 1 is 1.00 bits per heavy atom. The zero-order valence-electron chi connectivity index (χ0n) is 11.8. The highest BCUT2D eigenvalue weighted by Crippen LogP contribution is 2.30. The first kappa shape index (κ1) is 15.1. The van der Waals surface area contributed by atoms with Gasteiger partial charge < -0.3 is 9.15 Å². The van der Waals surface area contributed by atoms with Gasteiger partial charge in [0.25, 0.3) is 0 Å². The van der Waals surface area contributed by atoms with Crippen LogP contribution in [0, 0.1) is 0 Å². The maximum atomic E-state index is 12.7. The van der Waals surface area contributed by atoms with Gasteiger partial charge in [-0.05, 0) is 35.9 Å². The van der Waals surface area contributed by atoms with Crippen LogP contribution in [-0.2, 0) is 12.8 Å². The molecule has 0 aliphatic heterocycles. The molecular weight excluding hydrogens is 309 g/mol. The van der Waals surface area contributed by atoms with E-state index in [-0.39, 0.29) is 6.61 Å². The number of hydrogen-bond acceptors (Lipinski definition) is 3. The van der Waals surface area contributed by atoms with E-state index >= 15 is 0 Å². The molecule has 1 heterocycles. The Bertz CT molecular complexity index is 897. The summed E-state index contributed by atoms with van der Waals surface area (Å²) in [6, 6.07) is 12.8. The molecule has 2 aromatic carbocycles. The van der Waals surface area contributed by atoms with Crippen LogP contribution >= 0.6 is 0 Å². The number of rotatable bonds is 3. The van der Waals surface area contributed by atoms with Gasteiger partial charge in [0, 0.05) is 17.5 Å². The second-order valence-corrected chi connectivity index (χ2v) is 4.94. The Hall–Kier alpha value is -2.76. The van der Waals surface area contributed by atoms with Crippen molar-refractivity contribution >= 4 is 11.0 Å². The van der Waals surface area contributed by atoms with Gasteiger partial charge in [-0.2, -0.15) is 13.2 Å². The van der Waals surface area contributed by atoms with Crippen LogP contribution in [0.15, 0.2) is 63.8 Å². The van der Waals surface area contributed by atoms with Crippen molar-refractivity contribution in [1.29, 1.82) is 0 Å². The number of alkyl halides is 3. The van der Waals surface area contributed by atoms with Crippen LogP contribution in [0.5, 0.6) is 5.75 Å². The Balaban J connectivity index is 1.79. The third-order valence-corrected chi connectivity index (χ3v) is 3.25. The molecule has 0 bridgehead atoms. The SMILES string of the molecule is O=c1ccc2ccc(OCc3cccc(C(F)(F)F)c3)cc2o1. The molecule has 0 saturated carbocycles. The van der Waals surface area contributed by atoms with E-state index in [4.69, 9.17) is 9.15 Å². The van der Waals surface area contributed by atoms with Crippen LogP contribution < -0.4 is 10.4 Å². The van der Waals surface area contributed by atoms with Crippen molar-refractivity contribution in [3.8, 4) is 5.75 Å². The third kappa shape index (κ3) is 3.53. The van der Waals surface area contributed by atoms with E-state index in [0.29, 0.717) is 16.9 Å². The van der Waals surface area contributed by atoms with Crippen LogP contribution in [-0.4, -0.2) is 0 Å². The minimum absolute atomic E-state index is 0.0213. The van der Waals surface area contributed by atoms with Gasteiger partial charge in [0.05, 0.1) is 5.56 Å². The average Bonchev–Trinajstić information content (AvgIpc) is 2.52. The molecule has 0 N–H and O–H groups in total. The summed E-state index contributed by atoms with van der Waals surface area (Å²) in [5, 5.41) is 0.732. The lowest BCUT2D eigenvalue weighted by Gasteiger charge is -2.10. The molecule has 0 aliphatic rings. The lowest BCUT2D eigenvalue weighted by Crippen LogP contribution is -2.06. The maximum Gasteiger partial charge on any atom is 0.416 e. The fourth-order valence-electron chi connectivity index (χ4n) is 2.13. The monoisotopic (exact) mass is 320 g/mol. The summed E-state index contributed by atoms with van der Waals surface area (Å²) in [5.41, 5.74) is -0.441. The first-order valence-corrected chi connectivity index (χ1v) is 6.75. The summed E-state index contributed by atoms with van der Waals surface area (Å²) in [7, 11) is 0. The van der Waals surface area contributed by atoms with Crippen molar-refractivity contribution in [1.82, 2.24) is 0 Å². The Morgan fingerprint density at radius 3 is 2.57 bits per heavy atom. The molecule has 0 aliphatic carbocycles. The molecule has 1 aromatic heterocycles. The van der Waals surface area contributed by atoms with E-state index in [9.17, 15) is 18.0 Å². The van der Waals surface area contributed by atoms with E-state index in [1.165, 1.54) is 18.2 Å². The minimum atomic E-state index is -4.39. The second-order valence-electron chi connectivity index (χ2n) is 4.94. The molecule has 0 radical (unpaired) electrons. The Morgan fingerprint density at radius 2 is 1.78 bits per heavy atom. The molecule has 0 unspecified atom stereocenters. The van der Waals surface area contributed by atoms with E-state index in [1.807, 2.05) is 0 Å². The average molecular weight is 320 g/mol. The standard InChI is InChI=1S/C17H11F3O3/c18-17(19,20)13-3-1-2-11(8-13)10-22-14-6-4-12-5-7-16(21)23-15(12)9-14/h1-9H,10H2. The minimum Gasteiger partial charge on any atom is -0.489 e. The summed E-state index contributed by atoms with van der Waals surface area (Å²) < 4.78 is 48.5. The summed E-state index contributed by atoms with van der Waals surface area (Å²) in [6.07, 6.45) is -4.39. The van der Waals surface area contributed by atoms with Crippen molar-refractivity contribution in [2.24, 2.45) is 0 Å². The quantitative estimate of drug-likeness (QED) is 0.672. The summed E-state index contributed by atoms with van der Waals surface area (Å²) in [5.74, 6) is 0.407. The van der Waals surface area contributed by atoms with Crippen molar-refractivity contribution in [2.75, 3.05) is 0 Å². The van der Waals surface area contributed by atoms with Crippen molar-refractivity contribution in [3.63, 3.8) is 0 Å². The first-order chi connectivity index (χ1) is 10.9. The van der Waals surface area contributed by atoms with Crippen LogP contribution in [0.2, 0.25) is 0 Å². The number of fused-ring (bicyclic) bond motifs is 1. The van der Waals surface area contributed by atoms with Gasteiger partial charge in [0.2, 0.25) is 0 Å². The second kappa shape index (κ2) is 5.79. The molecule has 0 amide bonds. The zero-order chi connectivity index (χ0) is 16.4. The van der Waals surface area contributed by atoms with Crippen molar-refractivity contribution in [3.05, 3.63) is 76.1 Å². The van der Waals surface area contributed by atoms with Gasteiger partial charge in [-0.25, -0.2) is 4.79 Å². The summed E-state index contributed by atoms with van der Waals surface area (Å²) in [4.78, 5) is 11.2. The summed E-state index contributed by atoms with van der Waals surface area (Å²) >= 11 is 0. The van der Waals surface area contributed by atoms with E-state index in [1.54, 1.807) is 24.3 Å². The van der Waals surface area contributed by atoms with E-state index < -0.39 is 17.4 Å². The smallest absolute Gasteiger partial charge is 0.416 e. The molecule has 23 heavy (non-hydrogen) atoms. The highest BCUT2D eigenvalue weighted by molar-refractivity contribution is 5.77. The predicted molar refractivity (Wildman–Crippen MR) is 78.3 cm³/mol. The molecule has 0 fully saturated rings. The van der Waals surface area contributed by atoms with Crippen LogP contribution in [0.1, 0.15) is 11.1 Å². The lowest BCUT2D eigenvalue weighted by molar-refractivity contribution is -0.137. The van der Waals surface area contributed by atoms with Gasteiger partial charge in [0.15, 0.2) is 0 Å². The number of hydrogen-bond donors (Lipinski definition) is 0. The number of ether oxygens (including phenoxy) is 1. The predicted octanol–water partition coefficient (Wildman–Crippen LogP) is 4.39. The van der Waals surface area contributed by atoms with Crippen LogP contribution in [0.25, 0.3) is 11.0 Å². The molecule has 3 aromatic rings. The molecule has 3 nitrogen and oxygen atoms in total. The number of benzene rings is 2. The van der Waals surface area contributed by atoms with E-state index in [2.05, 4.69) is 0 Å². The molecule has 6 heteroatoms. The molecule has 0 atom stereocenters. The van der Waals surface area contributed by atoms with Gasteiger partial charge in [0.1, 0.15) is 17.9 Å². The Labute approximate surface area is 128 Å². The third-order valence-electron chi connectivity index (χ3n) is 3.25. The first-order valence-electron chi connectivity index (χ1n) is 6.75. The topological polar surface area (TPSA) is 39.4 Å². The molecule has 0 spiro atoms. The fraction of sp³-hybridized carbons (Fsp3) is 0.118. The zero-order valence-corrected chi connectivity index (χ0v) is 11.8. The fourth-order valence-corrected chi connectivity index (χ4v) is 2.13.